The van der Waals surface area contributed by atoms with Crippen LogP contribution in [0, 0.1) is 5.92 Å². The van der Waals surface area contributed by atoms with Gasteiger partial charge in [-0.25, -0.2) is 0 Å². The summed E-state index contributed by atoms with van der Waals surface area (Å²) in [6, 6.07) is 0. The Hall–Kier alpha value is -0.830. The van der Waals surface area contributed by atoms with Gasteiger partial charge in [-0.1, -0.05) is 13.8 Å². The molecule has 1 aliphatic carbocycles. The van der Waals surface area contributed by atoms with Crippen molar-refractivity contribution in [2.45, 2.75) is 39.5 Å². The van der Waals surface area contributed by atoms with Gasteiger partial charge < -0.3 is 5.32 Å². The van der Waals surface area contributed by atoms with Gasteiger partial charge in [-0.2, -0.15) is 0 Å². The number of nitrogens with one attached hydrogen (secondary N) is 1. The number of thiophene rings is 1. The highest BCUT2D eigenvalue weighted by Gasteiger charge is 2.22. The molecule has 0 spiro atoms. The zero-order valence-corrected chi connectivity index (χ0v) is 10.8. The summed E-state index contributed by atoms with van der Waals surface area (Å²) in [6.45, 7) is 5.14. The largest absolute Gasteiger partial charge is 0.352 e. The van der Waals surface area contributed by atoms with Gasteiger partial charge in [-0.15, -0.1) is 11.3 Å². The molecule has 0 saturated carbocycles. The summed E-state index contributed by atoms with van der Waals surface area (Å²) in [5.41, 5.74) is 2.25. The van der Waals surface area contributed by atoms with Gasteiger partial charge >= 0.3 is 0 Å². The molecule has 1 unspecified atom stereocenters. The monoisotopic (exact) mass is 237 g/mol. The van der Waals surface area contributed by atoms with Crippen molar-refractivity contribution in [3.63, 3.8) is 0 Å². The molecule has 1 aliphatic rings. The Morgan fingerprint density at radius 1 is 1.62 bits per heavy atom. The SMILES string of the molecule is CCCNC(=O)c1csc2c1CCC(C)C2. The second kappa shape index (κ2) is 5.00. The lowest BCUT2D eigenvalue weighted by atomic mass is 9.88. The molecule has 2 rings (SSSR count). The van der Waals surface area contributed by atoms with E-state index >= 15 is 0 Å². The second-order valence-corrected chi connectivity index (χ2v) is 5.62. The van der Waals surface area contributed by atoms with E-state index in [-0.39, 0.29) is 5.91 Å². The summed E-state index contributed by atoms with van der Waals surface area (Å²) in [5.74, 6) is 0.895. The summed E-state index contributed by atoms with van der Waals surface area (Å²) < 4.78 is 0. The molecule has 1 amide bonds. The van der Waals surface area contributed by atoms with Crippen molar-refractivity contribution in [1.82, 2.24) is 5.32 Å². The number of hydrogen-bond acceptors (Lipinski definition) is 2. The molecule has 1 N–H and O–H groups in total. The van der Waals surface area contributed by atoms with Crippen LogP contribution in [-0.2, 0) is 12.8 Å². The van der Waals surface area contributed by atoms with Crippen LogP contribution in [0.25, 0.3) is 0 Å². The minimum atomic E-state index is 0.119. The first-order chi connectivity index (χ1) is 7.72. The Balaban J connectivity index is 2.14. The maximum atomic E-state index is 11.9. The smallest absolute Gasteiger partial charge is 0.252 e. The number of hydrogen-bond donors (Lipinski definition) is 1. The van der Waals surface area contributed by atoms with E-state index < -0.39 is 0 Å². The normalized spacial score (nSPS) is 19.2. The lowest BCUT2D eigenvalue weighted by molar-refractivity contribution is 0.0953. The average Bonchev–Trinajstić information content (AvgIpc) is 2.68. The molecule has 16 heavy (non-hydrogen) atoms. The van der Waals surface area contributed by atoms with Gasteiger partial charge in [-0.3, -0.25) is 4.79 Å². The zero-order chi connectivity index (χ0) is 11.5. The third-order valence-corrected chi connectivity index (χ3v) is 4.23. The van der Waals surface area contributed by atoms with E-state index in [9.17, 15) is 4.79 Å². The van der Waals surface area contributed by atoms with E-state index in [0.717, 1.165) is 37.3 Å². The predicted octanol–water partition coefficient (Wildman–Crippen LogP) is 3.01. The quantitative estimate of drug-likeness (QED) is 0.860. The van der Waals surface area contributed by atoms with Crippen LogP contribution in [0.5, 0.6) is 0 Å². The van der Waals surface area contributed by atoms with E-state index in [1.807, 2.05) is 5.38 Å². The molecule has 0 saturated heterocycles. The summed E-state index contributed by atoms with van der Waals surface area (Å²) in [7, 11) is 0. The molecule has 0 aromatic carbocycles. The van der Waals surface area contributed by atoms with Gasteiger partial charge in [0.1, 0.15) is 0 Å². The van der Waals surface area contributed by atoms with Gasteiger partial charge in [-0.05, 0) is 37.2 Å². The molecular formula is C13H19NOS. The number of carbonyl (C=O) groups excluding carboxylic acids is 1. The van der Waals surface area contributed by atoms with E-state index in [4.69, 9.17) is 0 Å². The van der Waals surface area contributed by atoms with Crippen LogP contribution in [0.1, 0.15) is 47.5 Å². The topological polar surface area (TPSA) is 29.1 Å². The van der Waals surface area contributed by atoms with Crippen LogP contribution in [0.15, 0.2) is 5.38 Å². The van der Waals surface area contributed by atoms with Crippen molar-refractivity contribution < 1.29 is 4.79 Å². The Bertz CT molecular complexity index is 383. The van der Waals surface area contributed by atoms with Crippen LogP contribution < -0.4 is 5.32 Å². The third kappa shape index (κ3) is 2.29. The summed E-state index contributed by atoms with van der Waals surface area (Å²) >= 11 is 1.76. The van der Waals surface area contributed by atoms with Crippen LogP contribution in [0.3, 0.4) is 0 Å². The molecule has 3 heteroatoms. The molecule has 1 aromatic rings. The highest BCUT2D eigenvalue weighted by Crippen LogP contribution is 2.32. The molecular weight excluding hydrogens is 218 g/mol. The summed E-state index contributed by atoms with van der Waals surface area (Å²) in [5, 5.41) is 5.00. The van der Waals surface area contributed by atoms with E-state index in [1.165, 1.54) is 16.9 Å². The van der Waals surface area contributed by atoms with Gasteiger partial charge in [0.05, 0.1) is 5.56 Å². The first-order valence-corrected chi connectivity index (χ1v) is 6.97. The molecule has 1 heterocycles. The van der Waals surface area contributed by atoms with Crippen molar-refractivity contribution in [3.8, 4) is 0 Å². The van der Waals surface area contributed by atoms with Crippen molar-refractivity contribution in [3.05, 3.63) is 21.4 Å². The first-order valence-electron chi connectivity index (χ1n) is 6.09. The highest BCUT2D eigenvalue weighted by molar-refractivity contribution is 7.10. The number of amides is 1. The molecule has 0 aliphatic heterocycles. The standard InChI is InChI=1S/C13H19NOS/c1-3-6-14-13(15)11-8-16-12-7-9(2)4-5-10(11)12/h8-9H,3-7H2,1-2H3,(H,14,15). The fraction of sp³-hybridized carbons (Fsp3) is 0.615. The molecule has 2 nitrogen and oxygen atoms in total. The molecule has 0 bridgehead atoms. The van der Waals surface area contributed by atoms with Gasteiger partial charge in [0.25, 0.3) is 5.91 Å². The maximum absolute atomic E-state index is 11.9. The van der Waals surface area contributed by atoms with Crippen LogP contribution >= 0.6 is 11.3 Å². The first kappa shape index (κ1) is 11.6. The molecule has 0 fully saturated rings. The van der Waals surface area contributed by atoms with Gasteiger partial charge in [0, 0.05) is 16.8 Å². The van der Waals surface area contributed by atoms with Crippen molar-refractivity contribution >= 4 is 17.2 Å². The number of rotatable bonds is 3. The van der Waals surface area contributed by atoms with E-state index in [2.05, 4.69) is 19.2 Å². The third-order valence-electron chi connectivity index (χ3n) is 3.18. The van der Waals surface area contributed by atoms with Crippen molar-refractivity contribution in [2.24, 2.45) is 5.92 Å². The molecule has 0 radical (unpaired) electrons. The Morgan fingerprint density at radius 2 is 2.44 bits per heavy atom. The van der Waals surface area contributed by atoms with Crippen LogP contribution in [-0.4, -0.2) is 12.5 Å². The van der Waals surface area contributed by atoms with E-state index in [1.54, 1.807) is 11.3 Å². The predicted molar refractivity (Wildman–Crippen MR) is 68.1 cm³/mol. The molecule has 1 aromatic heterocycles. The Labute approximate surface area is 101 Å². The average molecular weight is 237 g/mol. The van der Waals surface area contributed by atoms with Crippen LogP contribution in [0.2, 0.25) is 0 Å². The van der Waals surface area contributed by atoms with Crippen molar-refractivity contribution in [1.29, 1.82) is 0 Å². The number of carbonyl (C=O) groups is 1. The number of fused-ring (bicyclic) bond motifs is 1. The maximum Gasteiger partial charge on any atom is 0.252 e. The fourth-order valence-corrected chi connectivity index (χ4v) is 3.45. The van der Waals surface area contributed by atoms with Gasteiger partial charge in [0.15, 0.2) is 0 Å². The minimum absolute atomic E-state index is 0.119. The Morgan fingerprint density at radius 3 is 3.19 bits per heavy atom. The lowest BCUT2D eigenvalue weighted by Gasteiger charge is -2.18. The Kier molecular flexibility index (Phi) is 3.64. The van der Waals surface area contributed by atoms with Crippen molar-refractivity contribution in [2.75, 3.05) is 6.54 Å². The highest BCUT2D eigenvalue weighted by atomic mass is 32.1. The summed E-state index contributed by atoms with van der Waals surface area (Å²) in [4.78, 5) is 13.3. The van der Waals surface area contributed by atoms with Gasteiger partial charge in [0.2, 0.25) is 0 Å². The lowest BCUT2D eigenvalue weighted by Crippen LogP contribution is -2.25. The van der Waals surface area contributed by atoms with Crippen LogP contribution in [0.4, 0.5) is 0 Å². The minimum Gasteiger partial charge on any atom is -0.352 e. The second-order valence-electron chi connectivity index (χ2n) is 4.65. The molecule has 1 atom stereocenters. The molecule has 88 valence electrons. The van der Waals surface area contributed by atoms with E-state index in [0.29, 0.717) is 0 Å². The fourth-order valence-electron chi connectivity index (χ4n) is 2.20. The summed E-state index contributed by atoms with van der Waals surface area (Å²) in [6.07, 6.45) is 4.45. The zero-order valence-electron chi connectivity index (χ0n) is 10.0.